The summed E-state index contributed by atoms with van der Waals surface area (Å²) < 4.78 is 36.1. The third-order valence-electron chi connectivity index (χ3n) is 5.74. The zero-order valence-corrected chi connectivity index (χ0v) is 16.2. The molecule has 3 atom stereocenters. The zero-order valence-electron chi connectivity index (χ0n) is 16.2. The maximum absolute atomic E-state index is 15.2. The Kier molecular flexibility index (Phi) is 4.94. The van der Waals surface area contributed by atoms with Crippen LogP contribution in [0.25, 0.3) is 10.9 Å². The molecule has 4 rings (SSSR count). The van der Waals surface area contributed by atoms with Gasteiger partial charge in [-0.2, -0.15) is 0 Å². The van der Waals surface area contributed by atoms with Gasteiger partial charge in [-0.15, -0.1) is 0 Å². The number of nitrogens with zero attached hydrogens (tertiary/aromatic N) is 2. The SMILES string of the molecule is CCC1CN(c2c(F)cc3c(=O)c(C(=O)O)cn([C@@H]4C[C@@H]4F)c3c2OC)CCN1. The van der Waals surface area contributed by atoms with Crippen molar-refractivity contribution in [3.05, 3.63) is 33.9 Å². The second-order valence-corrected chi connectivity index (χ2v) is 7.55. The van der Waals surface area contributed by atoms with Gasteiger partial charge in [0.2, 0.25) is 5.43 Å². The zero-order chi connectivity index (χ0) is 20.9. The lowest BCUT2D eigenvalue weighted by atomic mass is 10.1. The quantitative estimate of drug-likeness (QED) is 0.792. The minimum atomic E-state index is -1.43. The predicted molar refractivity (Wildman–Crippen MR) is 105 cm³/mol. The normalized spacial score (nSPS) is 24.0. The molecule has 0 amide bonds. The summed E-state index contributed by atoms with van der Waals surface area (Å²) in [5.41, 5.74) is -0.878. The van der Waals surface area contributed by atoms with Crippen LogP contribution in [-0.2, 0) is 0 Å². The molecule has 2 heterocycles. The van der Waals surface area contributed by atoms with E-state index in [4.69, 9.17) is 4.74 Å². The summed E-state index contributed by atoms with van der Waals surface area (Å²) in [4.78, 5) is 26.1. The number of nitrogens with one attached hydrogen (secondary N) is 1. The molecule has 2 aromatic rings. The lowest BCUT2D eigenvalue weighted by Crippen LogP contribution is -2.50. The number of carboxylic acid groups (broad SMARTS) is 1. The summed E-state index contributed by atoms with van der Waals surface area (Å²) in [5, 5.41) is 12.6. The standard InChI is InChI=1S/C20H23F2N3O4/c1-3-10-8-24(5-4-23-10)17-14(22)6-11-16(19(17)29-2)25(15-7-13(15)21)9-12(18(11)26)20(27)28/h6,9-10,13,15,23H,3-5,7-8H2,1-2H3,(H,27,28)/t10?,13-,15+/m0/s1. The van der Waals surface area contributed by atoms with Crippen LogP contribution in [0.15, 0.2) is 17.1 Å². The van der Waals surface area contributed by atoms with Crippen molar-refractivity contribution in [2.24, 2.45) is 0 Å². The van der Waals surface area contributed by atoms with Crippen molar-refractivity contribution in [2.75, 3.05) is 31.6 Å². The highest BCUT2D eigenvalue weighted by Gasteiger charge is 2.41. The van der Waals surface area contributed by atoms with Crippen molar-refractivity contribution in [3.63, 3.8) is 0 Å². The second kappa shape index (κ2) is 7.29. The van der Waals surface area contributed by atoms with Gasteiger partial charge in [-0.05, 0) is 12.5 Å². The number of alkyl halides is 1. The fraction of sp³-hybridized carbons (Fsp3) is 0.500. The van der Waals surface area contributed by atoms with Crippen molar-refractivity contribution in [1.29, 1.82) is 0 Å². The minimum absolute atomic E-state index is 0.121. The molecular formula is C20H23F2N3O4. The molecule has 0 spiro atoms. The number of hydrogen-bond acceptors (Lipinski definition) is 5. The number of carbonyl (C=O) groups is 1. The summed E-state index contributed by atoms with van der Waals surface area (Å²) >= 11 is 0. The van der Waals surface area contributed by atoms with Gasteiger partial charge in [0.1, 0.15) is 17.4 Å². The lowest BCUT2D eigenvalue weighted by Gasteiger charge is -2.36. The number of aromatic nitrogens is 1. The number of halogens is 2. The average Bonchev–Trinajstić information content (AvgIpc) is 3.43. The Morgan fingerprint density at radius 2 is 2.17 bits per heavy atom. The first-order valence-electron chi connectivity index (χ1n) is 9.68. The number of rotatable bonds is 5. The largest absolute Gasteiger partial charge is 0.492 e. The molecule has 2 N–H and O–H groups in total. The first-order chi connectivity index (χ1) is 13.9. The number of hydrogen-bond donors (Lipinski definition) is 2. The van der Waals surface area contributed by atoms with Crippen LogP contribution in [0.4, 0.5) is 14.5 Å². The molecule has 0 bridgehead atoms. The molecule has 1 aromatic heterocycles. The Morgan fingerprint density at radius 3 is 2.76 bits per heavy atom. The maximum atomic E-state index is 15.2. The van der Waals surface area contributed by atoms with Gasteiger partial charge in [0.15, 0.2) is 11.6 Å². The molecule has 9 heteroatoms. The van der Waals surface area contributed by atoms with Crippen LogP contribution in [0.2, 0.25) is 0 Å². The van der Waals surface area contributed by atoms with E-state index in [2.05, 4.69) is 5.32 Å². The fourth-order valence-electron chi connectivity index (χ4n) is 4.09. The molecule has 1 saturated heterocycles. The summed E-state index contributed by atoms with van der Waals surface area (Å²) in [6.45, 7) is 3.80. The van der Waals surface area contributed by atoms with E-state index in [9.17, 15) is 19.1 Å². The van der Waals surface area contributed by atoms with Gasteiger partial charge in [-0.1, -0.05) is 6.92 Å². The third-order valence-corrected chi connectivity index (χ3v) is 5.74. The van der Waals surface area contributed by atoms with Crippen LogP contribution < -0.4 is 20.4 Å². The van der Waals surface area contributed by atoms with E-state index in [-0.39, 0.29) is 34.8 Å². The van der Waals surface area contributed by atoms with Gasteiger partial charge < -0.3 is 24.6 Å². The Hall–Kier alpha value is -2.68. The topological polar surface area (TPSA) is 83.8 Å². The molecular weight excluding hydrogens is 384 g/mol. The number of carboxylic acids is 1. The third kappa shape index (κ3) is 3.23. The smallest absolute Gasteiger partial charge is 0.341 e. The van der Waals surface area contributed by atoms with Crippen LogP contribution in [0, 0.1) is 5.82 Å². The molecule has 156 valence electrons. The van der Waals surface area contributed by atoms with E-state index >= 15 is 4.39 Å². The molecule has 2 fully saturated rings. The Morgan fingerprint density at radius 1 is 1.45 bits per heavy atom. The maximum Gasteiger partial charge on any atom is 0.341 e. The van der Waals surface area contributed by atoms with Crippen molar-refractivity contribution >= 4 is 22.6 Å². The van der Waals surface area contributed by atoms with Crippen LogP contribution >= 0.6 is 0 Å². The molecule has 7 nitrogen and oxygen atoms in total. The number of benzene rings is 1. The fourth-order valence-corrected chi connectivity index (χ4v) is 4.09. The first kappa shape index (κ1) is 19.6. The molecule has 0 radical (unpaired) electrons. The van der Waals surface area contributed by atoms with Gasteiger partial charge in [-0.25, -0.2) is 13.6 Å². The number of piperazine rings is 1. The lowest BCUT2D eigenvalue weighted by molar-refractivity contribution is 0.0694. The van der Waals surface area contributed by atoms with Crippen LogP contribution in [-0.4, -0.2) is 54.6 Å². The van der Waals surface area contributed by atoms with E-state index < -0.39 is 35.0 Å². The van der Waals surface area contributed by atoms with Crippen LogP contribution in [0.1, 0.15) is 36.2 Å². The summed E-state index contributed by atoms with van der Waals surface area (Å²) in [6.07, 6.45) is 1.07. The number of aromatic carboxylic acids is 1. The second-order valence-electron chi connectivity index (χ2n) is 7.55. The molecule has 29 heavy (non-hydrogen) atoms. The van der Waals surface area contributed by atoms with E-state index in [1.807, 2.05) is 11.8 Å². The Balaban J connectivity index is 2.00. The van der Waals surface area contributed by atoms with Gasteiger partial charge in [-0.3, -0.25) is 4.79 Å². The van der Waals surface area contributed by atoms with Gasteiger partial charge in [0, 0.05) is 38.3 Å². The molecule has 1 aromatic carbocycles. The van der Waals surface area contributed by atoms with Crippen LogP contribution in [0.5, 0.6) is 5.75 Å². The van der Waals surface area contributed by atoms with Crippen molar-refractivity contribution in [2.45, 2.75) is 38.0 Å². The number of anilines is 1. The highest BCUT2D eigenvalue weighted by Crippen LogP contribution is 2.45. The number of methoxy groups -OCH3 is 1. The van der Waals surface area contributed by atoms with E-state index in [0.29, 0.717) is 19.6 Å². The Bertz CT molecular complexity index is 1040. The van der Waals surface area contributed by atoms with Crippen molar-refractivity contribution < 1.29 is 23.4 Å². The molecule has 2 aliphatic rings. The van der Waals surface area contributed by atoms with Crippen LogP contribution in [0.3, 0.4) is 0 Å². The molecule has 1 aliphatic carbocycles. The summed E-state index contributed by atoms with van der Waals surface area (Å²) in [5.74, 6) is -1.96. The Labute approximate surface area is 165 Å². The number of ether oxygens (including phenoxy) is 1. The summed E-state index contributed by atoms with van der Waals surface area (Å²) in [7, 11) is 1.37. The van der Waals surface area contributed by atoms with E-state index in [1.54, 1.807) is 0 Å². The van der Waals surface area contributed by atoms with Gasteiger partial charge >= 0.3 is 5.97 Å². The monoisotopic (exact) mass is 407 g/mol. The molecule has 1 aliphatic heterocycles. The minimum Gasteiger partial charge on any atom is -0.492 e. The van der Waals surface area contributed by atoms with Crippen molar-refractivity contribution in [1.82, 2.24) is 9.88 Å². The highest BCUT2D eigenvalue weighted by atomic mass is 19.1. The molecule has 1 unspecified atom stereocenters. The first-order valence-corrected chi connectivity index (χ1v) is 9.68. The predicted octanol–water partition coefficient (Wildman–Crippen LogP) is 2.32. The average molecular weight is 407 g/mol. The number of pyridine rings is 1. The summed E-state index contributed by atoms with van der Waals surface area (Å²) in [6, 6.07) is 0.630. The number of fused-ring (bicyclic) bond motifs is 1. The van der Waals surface area contributed by atoms with Gasteiger partial charge in [0.25, 0.3) is 0 Å². The van der Waals surface area contributed by atoms with E-state index in [0.717, 1.165) is 18.7 Å². The highest BCUT2D eigenvalue weighted by molar-refractivity contribution is 5.97. The van der Waals surface area contributed by atoms with E-state index in [1.165, 1.54) is 11.7 Å². The molecule has 1 saturated carbocycles. The van der Waals surface area contributed by atoms with Crippen molar-refractivity contribution in [3.8, 4) is 5.75 Å². The van der Waals surface area contributed by atoms with Gasteiger partial charge in [0.05, 0.1) is 24.1 Å².